The van der Waals surface area contributed by atoms with Crippen LogP contribution >= 0.6 is 0 Å². The lowest BCUT2D eigenvalue weighted by atomic mass is 10.2. The van der Waals surface area contributed by atoms with E-state index in [0.717, 1.165) is 10.5 Å². The summed E-state index contributed by atoms with van der Waals surface area (Å²) >= 11 is 0. The van der Waals surface area contributed by atoms with Gasteiger partial charge < -0.3 is 0 Å². The summed E-state index contributed by atoms with van der Waals surface area (Å²) < 4.78 is 0. The highest BCUT2D eigenvalue weighted by atomic mass is 16.4. The molecule has 0 N–H and O–H groups in total. The van der Waals surface area contributed by atoms with Crippen molar-refractivity contribution < 1.29 is 9.90 Å². The predicted molar refractivity (Wildman–Crippen MR) is 65.8 cm³/mol. The number of rotatable bonds is 2. The maximum atomic E-state index is 11.2. The zero-order valence-electron chi connectivity index (χ0n) is 9.46. The Morgan fingerprint density at radius 3 is 1.94 bits per heavy atom. The molecule has 17 heavy (non-hydrogen) atoms. The molecular weight excluding hydrogens is 214 g/mol. The maximum Gasteiger partial charge on any atom is 0.462 e. The monoisotopic (exact) mass is 226 g/mol. The van der Waals surface area contributed by atoms with E-state index in [0.29, 0.717) is 11.4 Å². The molecule has 85 valence electrons. The third-order valence-electron chi connectivity index (χ3n) is 2.49. The molecule has 0 heterocycles. The van der Waals surface area contributed by atoms with Crippen molar-refractivity contribution in [1.29, 1.82) is 0 Å². The van der Waals surface area contributed by atoms with Crippen LogP contribution < -0.4 is 4.90 Å². The van der Waals surface area contributed by atoms with Crippen LogP contribution in [-0.2, 0) is 5.11 Å². The van der Waals surface area contributed by atoms with Crippen LogP contribution in [0.15, 0.2) is 54.6 Å². The van der Waals surface area contributed by atoms with Crippen molar-refractivity contribution in [2.24, 2.45) is 0 Å². The molecule has 1 amide bonds. The number of para-hydroxylation sites is 1. The van der Waals surface area contributed by atoms with Gasteiger partial charge in [-0.25, -0.2) is 14.8 Å². The van der Waals surface area contributed by atoms with Gasteiger partial charge in [0.1, 0.15) is 0 Å². The van der Waals surface area contributed by atoms with Gasteiger partial charge in [-0.3, -0.25) is 0 Å². The van der Waals surface area contributed by atoms with Crippen LogP contribution in [0.25, 0.3) is 0 Å². The van der Waals surface area contributed by atoms with E-state index in [1.807, 2.05) is 25.1 Å². The van der Waals surface area contributed by atoms with Crippen molar-refractivity contribution in [3.8, 4) is 0 Å². The van der Waals surface area contributed by atoms with Gasteiger partial charge in [0.05, 0.1) is 11.4 Å². The zero-order valence-corrected chi connectivity index (χ0v) is 9.46. The van der Waals surface area contributed by atoms with E-state index in [-0.39, 0.29) is 0 Å². The number of aryl methyl sites for hydroxylation is 1. The molecule has 0 aliphatic heterocycles. The van der Waals surface area contributed by atoms with Crippen molar-refractivity contribution in [3.05, 3.63) is 60.2 Å². The van der Waals surface area contributed by atoms with Gasteiger partial charge in [0.2, 0.25) is 0 Å². The number of hydrogen-bond donors (Lipinski definition) is 0. The summed E-state index contributed by atoms with van der Waals surface area (Å²) in [7, 11) is 0. The molecule has 0 saturated carbocycles. The van der Waals surface area contributed by atoms with Gasteiger partial charge in [-0.2, -0.15) is 0 Å². The van der Waals surface area contributed by atoms with E-state index in [2.05, 4.69) is 0 Å². The first-order valence-electron chi connectivity index (χ1n) is 5.31. The first-order chi connectivity index (χ1) is 8.18. The second kappa shape index (κ2) is 4.70. The van der Waals surface area contributed by atoms with Crippen LogP contribution in [0.4, 0.5) is 16.2 Å². The Kier molecular flexibility index (Phi) is 3.10. The van der Waals surface area contributed by atoms with Crippen molar-refractivity contribution in [2.75, 3.05) is 4.90 Å². The minimum absolute atomic E-state index is 0.580. The van der Waals surface area contributed by atoms with Crippen molar-refractivity contribution >= 4 is 17.5 Å². The van der Waals surface area contributed by atoms with E-state index in [1.54, 1.807) is 36.4 Å². The van der Waals surface area contributed by atoms with E-state index >= 15 is 0 Å². The third-order valence-corrected chi connectivity index (χ3v) is 2.49. The van der Waals surface area contributed by atoms with Crippen molar-refractivity contribution in [2.45, 2.75) is 6.92 Å². The van der Waals surface area contributed by atoms with Gasteiger partial charge >= 0.3 is 6.09 Å². The third kappa shape index (κ3) is 2.45. The Hall–Kier alpha value is -2.29. The first kappa shape index (κ1) is 11.2. The standard InChI is InChI=1S/C14H12NO2/c1-11-7-9-13(10-8-11)15(14(16)17)12-5-3-2-4-6-12/h2-10H,1H3. The van der Waals surface area contributed by atoms with Crippen LogP contribution in [0.1, 0.15) is 5.56 Å². The molecule has 2 rings (SSSR count). The molecule has 0 aliphatic carbocycles. The molecule has 0 aliphatic rings. The molecule has 0 fully saturated rings. The molecule has 3 nitrogen and oxygen atoms in total. The van der Waals surface area contributed by atoms with Crippen LogP contribution in [-0.4, -0.2) is 6.09 Å². The lowest BCUT2D eigenvalue weighted by molar-refractivity contribution is 0.179. The van der Waals surface area contributed by atoms with Gasteiger partial charge in [-0.15, -0.1) is 0 Å². The zero-order chi connectivity index (χ0) is 12.3. The van der Waals surface area contributed by atoms with Gasteiger partial charge in [-0.05, 0) is 31.2 Å². The number of carbonyl (C=O) groups excluding carboxylic acids is 1. The lowest BCUT2D eigenvalue weighted by Crippen LogP contribution is -2.22. The van der Waals surface area contributed by atoms with Crippen molar-refractivity contribution in [1.82, 2.24) is 0 Å². The van der Waals surface area contributed by atoms with Gasteiger partial charge in [0.25, 0.3) is 0 Å². The Morgan fingerprint density at radius 2 is 1.41 bits per heavy atom. The fourth-order valence-electron chi connectivity index (χ4n) is 1.63. The summed E-state index contributed by atoms with van der Waals surface area (Å²) in [5.41, 5.74) is 2.25. The largest absolute Gasteiger partial charge is 0.462 e. The Labute approximate surface area is 99.9 Å². The quantitative estimate of drug-likeness (QED) is 0.769. The van der Waals surface area contributed by atoms with Crippen LogP contribution in [0.2, 0.25) is 0 Å². The molecule has 1 radical (unpaired) electrons. The molecular formula is C14H12NO2. The smallest absolute Gasteiger partial charge is 0.243 e. The maximum absolute atomic E-state index is 11.2. The summed E-state index contributed by atoms with van der Waals surface area (Å²) in [6.07, 6.45) is -1.24. The highest BCUT2D eigenvalue weighted by Gasteiger charge is 2.17. The molecule has 0 bridgehead atoms. The van der Waals surface area contributed by atoms with Gasteiger partial charge in [0.15, 0.2) is 0 Å². The van der Waals surface area contributed by atoms with Crippen molar-refractivity contribution in [3.63, 3.8) is 0 Å². The average Bonchev–Trinajstić information content (AvgIpc) is 2.33. The first-order valence-corrected chi connectivity index (χ1v) is 5.31. The fraction of sp³-hybridized carbons (Fsp3) is 0.0714. The number of carbonyl (C=O) groups is 1. The van der Waals surface area contributed by atoms with E-state index in [4.69, 9.17) is 0 Å². The molecule has 0 spiro atoms. The number of anilines is 2. The van der Waals surface area contributed by atoms with E-state index < -0.39 is 6.09 Å². The number of benzene rings is 2. The molecule has 2 aromatic carbocycles. The average molecular weight is 226 g/mol. The van der Waals surface area contributed by atoms with Crippen LogP contribution in [0, 0.1) is 6.92 Å². The summed E-state index contributed by atoms with van der Waals surface area (Å²) in [4.78, 5) is 12.4. The summed E-state index contributed by atoms with van der Waals surface area (Å²) in [5, 5.41) is 11.2. The normalized spacial score (nSPS) is 9.94. The Balaban J connectivity index is 2.43. The Morgan fingerprint density at radius 1 is 0.882 bits per heavy atom. The second-order valence-electron chi connectivity index (χ2n) is 3.77. The summed E-state index contributed by atoms with van der Waals surface area (Å²) in [5.74, 6) is 0. The highest BCUT2D eigenvalue weighted by Crippen LogP contribution is 2.25. The molecule has 0 atom stereocenters. The number of nitrogens with zero attached hydrogens (tertiary/aromatic N) is 1. The summed E-state index contributed by atoms with van der Waals surface area (Å²) in [6, 6.07) is 16.1. The highest BCUT2D eigenvalue weighted by molar-refractivity contribution is 5.94. The fourth-order valence-corrected chi connectivity index (χ4v) is 1.63. The van der Waals surface area contributed by atoms with Gasteiger partial charge in [0, 0.05) is 0 Å². The molecule has 0 aromatic heterocycles. The Bertz CT molecular complexity index is 506. The van der Waals surface area contributed by atoms with E-state index in [1.165, 1.54) is 0 Å². The lowest BCUT2D eigenvalue weighted by Gasteiger charge is -2.18. The van der Waals surface area contributed by atoms with Crippen LogP contribution in [0.5, 0.6) is 0 Å². The molecule has 2 aromatic rings. The number of hydrogen-bond acceptors (Lipinski definition) is 1. The molecule has 0 saturated heterocycles. The minimum atomic E-state index is -1.24. The topological polar surface area (TPSA) is 40.2 Å². The summed E-state index contributed by atoms with van der Waals surface area (Å²) in [6.45, 7) is 1.95. The van der Waals surface area contributed by atoms with E-state index in [9.17, 15) is 9.90 Å². The predicted octanol–water partition coefficient (Wildman–Crippen LogP) is 3.68. The molecule has 3 heteroatoms. The van der Waals surface area contributed by atoms with Gasteiger partial charge in [-0.1, -0.05) is 35.9 Å². The number of amides is 1. The van der Waals surface area contributed by atoms with Crippen LogP contribution in [0.3, 0.4) is 0 Å². The SMILES string of the molecule is Cc1ccc(N(C([O])=O)c2ccccc2)cc1. The molecule has 0 unspecified atom stereocenters. The minimum Gasteiger partial charge on any atom is -0.243 e. The second-order valence-corrected chi connectivity index (χ2v) is 3.77.